The largest absolute Gasteiger partial charge is 0.507 e. The zero-order valence-corrected chi connectivity index (χ0v) is 16.5. The van der Waals surface area contributed by atoms with E-state index in [2.05, 4.69) is 4.74 Å². The van der Waals surface area contributed by atoms with E-state index < -0.39 is 23.7 Å². The van der Waals surface area contributed by atoms with Crippen LogP contribution in [0.4, 0.5) is 0 Å². The Morgan fingerprint density at radius 1 is 1.00 bits per heavy atom. The Labute approximate surface area is 173 Å². The second-order valence-corrected chi connectivity index (χ2v) is 6.56. The standard InChI is InChI=1S/C22H21NO7/c1-29-16-9-7-14(8-10-16)19(25)17-18(23(11-12-24)21(27)20(17)26)13-3-5-15(6-4-13)22(28)30-2/h3-10,18,24-25H,11-12H2,1-2H3/t18-/m0/s1. The van der Waals surface area contributed by atoms with Crippen LogP contribution in [-0.2, 0) is 14.3 Å². The number of carbonyl (C=O) groups is 3. The summed E-state index contributed by atoms with van der Waals surface area (Å²) in [4.78, 5) is 38.2. The molecule has 2 aromatic rings. The molecule has 1 aliphatic rings. The van der Waals surface area contributed by atoms with Crippen LogP contribution >= 0.6 is 0 Å². The van der Waals surface area contributed by atoms with Crippen LogP contribution in [-0.4, -0.2) is 60.1 Å². The molecular weight excluding hydrogens is 390 g/mol. The van der Waals surface area contributed by atoms with Gasteiger partial charge in [-0.25, -0.2) is 4.79 Å². The monoisotopic (exact) mass is 411 g/mol. The quantitative estimate of drug-likeness (QED) is 0.323. The van der Waals surface area contributed by atoms with Crippen LogP contribution in [0.5, 0.6) is 5.75 Å². The fourth-order valence-electron chi connectivity index (χ4n) is 3.39. The van der Waals surface area contributed by atoms with E-state index in [0.717, 1.165) is 0 Å². The number of methoxy groups -OCH3 is 2. The molecule has 0 spiro atoms. The van der Waals surface area contributed by atoms with Crippen LogP contribution in [0.2, 0.25) is 0 Å². The fraction of sp³-hybridized carbons (Fsp3) is 0.227. The van der Waals surface area contributed by atoms with Gasteiger partial charge in [0, 0.05) is 12.1 Å². The number of likely N-dealkylation sites (tertiary alicyclic amines) is 1. The number of hydrogen-bond acceptors (Lipinski definition) is 7. The Morgan fingerprint density at radius 2 is 1.60 bits per heavy atom. The summed E-state index contributed by atoms with van der Waals surface area (Å²) in [5.74, 6) is -1.95. The number of carbonyl (C=O) groups excluding carboxylic acids is 3. The van der Waals surface area contributed by atoms with E-state index in [1.165, 1.54) is 31.3 Å². The smallest absolute Gasteiger partial charge is 0.337 e. The van der Waals surface area contributed by atoms with Crippen LogP contribution in [0.3, 0.4) is 0 Å². The molecule has 8 heteroatoms. The van der Waals surface area contributed by atoms with Crippen LogP contribution in [0.25, 0.3) is 5.76 Å². The maximum absolute atomic E-state index is 12.7. The summed E-state index contributed by atoms with van der Waals surface area (Å²) >= 11 is 0. The van der Waals surface area contributed by atoms with Gasteiger partial charge in [0.25, 0.3) is 11.7 Å². The second kappa shape index (κ2) is 8.79. The van der Waals surface area contributed by atoms with Crippen molar-refractivity contribution in [2.45, 2.75) is 6.04 Å². The van der Waals surface area contributed by atoms with Crippen LogP contribution < -0.4 is 4.74 Å². The average molecular weight is 411 g/mol. The molecule has 2 N–H and O–H groups in total. The highest BCUT2D eigenvalue weighted by molar-refractivity contribution is 6.46. The lowest BCUT2D eigenvalue weighted by atomic mass is 9.94. The van der Waals surface area contributed by atoms with Crippen LogP contribution in [0, 0.1) is 0 Å². The number of amides is 1. The first-order valence-electron chi connectivity index (χ1n) is 9.15. The predicted molar refractivity (Wildman–Crippen MR) is 107 cm³/mol. The Morgan fingerprint density at radius 3 is 2.13 bits per heavy atom. The number of aliphatic hydroxyl groups is 2. The summed E-state index contributed by atoms with van der Waals surface area (Å²) < 4.78 is 9.78. The van der Waals surface area contributed by atoms with Crippen molar-refractivity contribution in [3.8, 4) is 5.75 Å². The lowest BCUT2D eigenvalue weighted by molar-refractivity contribution is -0.140. The summed E-state index contributed by atoms with van der Waals surface area (Å²) in [6.45, 7) is -0.445. The SMILES string of the molecule is COC(=O)c1ccc([C@H]2C(=C(O)c3ccc(OC)cc3)C(=O)C(=O)N2CCO)cc1. The van der Waals surface area contributed by atoms with Crippen molar-refractivity contribution in [1.29, 1.82) is 0 Å². The third-order valence-electron chi connectivity index (χ3n) is 4.89. The molecule has 1 aliphatic heterocycles. The maximum Gasteiger partial charge on any atom is 0.337 e. The van der Waals surface area contributed by atoms with Gasteiger partial charge in [0.1, 0.15) is 11.5 Å². The van der Waals surface area contributed by atoms with Crippen LogP contribution in [0.1, 0.15) is 27.5 Å². The van der Waals surface area contributed by atoms with Gasteiger partial charge in [-0.05, 0) is 42.0 Å². The minimum atomic E-state index is -0.911. The molecule has 1 heterocycles. The summed E-state index contributed by atoms with van der Waals surface area (Å²) in [5, 5.41) is 20.3. The molecule has 156 valence electrons. The first-order valence-corrected chi connectivity index (χ1v) is 9.15. The number of rotatable bonds is 6. The summed E-state index contributed by atoms with van der Waals surface area (Å²) in [6, 6.07) is 11.7. The van der Waals surface area contributed by atoms with Crippen molar-refractivity contribution in [3.05, 3.63) is 70.8 Å². The van der Waals surface area contributed by atoms with Gasteiger partial charge in [-0.1, -0.05) is 12.1 Å². The molecule has 1 atom stereocenters. The number of nitrogens with zero attached hydrogens (tertiary/aromatic N) is 1. The number of Topliss-reactive ketones (excluding diaryl/α,β-unsaturated/α-hetero) is 1. The molecule has 0 unspecified atom stereocenters. The van der Waals surface area contributed by atoms with Crippen molar-refractivity contribution in [3.63, 3.8) is 0 Å². The van der Waals surface area contributed by atoms with Gasteiger partial charge in [0.15, 0.2) is 0 Å². The number of aliphatic hydroxyl groups excluding tert-OH is 2. The molecule has 0 bridgehead atoms. The minimum Gasteiger partial charge on any atom is -0.507 e. The highest BCUT2D eigenvalue weighted by Gasteiger charge is 2.45. The molecular formula is C22H21NO7. The molecule has 0 aliphatic carbocycles. The van der Waals surface area contributed by atoms with E-state index >= 15 is 0 Å². The molecule has 1 fully saturated rings. The van der Waals surface area contributed by atoms with Gasteiger partial charge in [-0.2, -0.15) is 0 Å². The van der Waals surface area contributed by atoms with Crippen molar-refractivity contribution in [2.24, 2.45) is 0 Å². The third-order valence-corrected chi connectivity index (χ3v) is 4.89. The van der Waals surface area contributed by atoms with Crippen LogP contribution in [0.15, 0.2) is 54.1 Å². The van der Waals surface area contributed by atoms with Crippen molar-refractivity contribution < 1.29 is 34.1 Å². The van der Waals surface area contributed by atoms with Crippen molar-refractivity contribution in [1.82, 2.24) is 4.90 Å². The number of benzene rings is 2. The Balaban J connectivity index is 2.11. The highest BCUT2D eigenvalue weighted by atomic mass is 16.5. The zero-order chi connectivity index (χ0) is 21.8. The van der Waals surface area contributed by atoms with Gasteiger partial charge in [0.2, 0.25) is 0 Å². The molecule has 1 saturated heterocycles. The summed E-state index contributed by atoms with van der Waals surface area (Å²) in [5.41, 5.74) is 1.05. The van der Waals surface area contributed by atoms with Gasteiger partial charge in [-0.3, -0.25) is 9.59 Å². The van der Waals surface area contributed by atoms with Gasteiger partial charge < -0.3 is 24.6 Å². The van der Waals surface area contributed by atoms with E-state index in [4.69, 9.17) is 4.74 Å². The topological polar surface area (TPSA) is 113 Å². The Hall–Kier alpha value is -3.65. The first kappa shape index (κ1) is 21.1. The fourth-order valence-corrected chi connectivity index (χ4v) is 3.39. The lowest BCUT2D eigenvalue weighted by Crippen LogP contribution is -2.32. The van der Waals surface area contributed by atoms with Crippen molar-refractivity contribution >= 4 is 23.4 Å². The molecule has 0 radical (unpaired) electrons. The van der Waals surface area contributed by atoms with E-state index in [1.54, 1.807) is 36.4 Å². The van der Waals surface area contributed by atoms with Gasteiger partial charge >= 0.3 is 5.97 Å². The molecule has 0 aromatic heterocycles. The Bertz CT molecular complexity index is 993. The summed E-state index contributed by atoms with van der Waals surface area (Å²) in [7, 11) is 2.77. The molecule has 0 saturated carbocycles. The molecule has 2 aromatic carbocycles. The number of hydrogen-bond donors (Lipinski definition) is 2. The normalized spacial score (nSPS) is 17.8. The number of esters is 1. The molecule has 1 amide bonds. The minimum absolute atomic E-state index is 0.0899. The van der Waals surface area contributed by atoms with E-state index in [9.17, 15) is 24.6 Å². The molecule has 30 heavy (non-hydrogen) atoms. The predicted octanol–water partition coefficient (Wildman–Crippen LogP) is 1.90. The number of ether oxygens (including phenoxy) is 2. The molecule has 8 nitrogen and oxygen atoms in total. The highest BCUT2D eigenvalue weighted by Crippen LogP contribution is 2.39. The Kier molecular flexibility index (Phi) is 6.17. The van der Waals surface area contributed by atoms with E-state index in [0.29, 0.717) is 22.4 Å². The van der Waals surface area contributed by atoms with Gasteiger partial charge in [-0.15, -0.1) is 0 Å². The first-order chi connectivity index (χ1) is 14.4. The number of ketones is 1. The third kappa shape index (κ3) is 3.77. The van der Waals surface area contributed by atoms with Crippen molar-refractivity contribution in [2.75, 3.05) is 27.4 Å². The zero-order valence-electron chi connectivity index (χ0n) is 16.5. The lowest BCUT2D eigenvalue weighted by Gasteiger charge is -2.24. The number of β-amino-alcohol motifs (C(OH)–C–C–N with tert-alkyl or cyclic N) is 1. The molecule has 3 rings (SSSR count). The van der Waals surface area contributed by atoms with E-state index in [1.807, 2.05) is 0 Å². The maximum atomic E-state index is 12.7. The summed E-state index contributed by atoms with van der Waals surface area (Å²) in [6.07, 6.45) is 0. The average Bonchev–Trinajstić information content (AvgIpc) is 3.03. The van der Waals surface area contributed by atoms with E-state index in [-0.39, 0.29) is 24.5 Å². The second-order valence-electron chi connectivity index (χ2n) is 6.56. The van der Waals surface area contributed by atoms with Gasteiger partial charge in [0.05, 0.1) is 38.0 Å².